The SMILES string of the molecule is Cc1cc(C)n([C@@H](CNC(=O)Nc2cccs2)c2ccsc2)n1. The van der Waals surface area contributed by atoms with Crippen molar-refractivity contribution in [3.8, 4) is 0 Å². The molecule has 3 heterocycles. The van der Waals surface area contributed by atoms with Crippen molar-refractivity contribution in [3.63, 3.8) is 0 Å². The molecule has 5 nitrogen and oxygen atoms in total. The average molecular weight is 346 g/mol. The van der Waals surface area contributed by atoms with E-state index in [1.165, 1.54) is 11.3 Å². The third kappa shape index (κ3) is 3.80. The van der Waals surface area contributed by atoms with E-state index in [2.05, 4.69) is 27.2 Å². The van der Waals surface area contributed by atoms with Gasteiger partial charge in [-0.25, -0.2) is 4.79 Å². The lowest BCUT2D eigenvalue weighted by atomic mass is 10.1. The molecule has 3 rings (SSSR count). The van der Waals surface area contributed by atoms with Gasteiger partial charge in [0.1, 0.15) is 0 Å². The number of urea groups is 1. The molecule has 0 unspecified atom stereocenters. The first kappa shape index (κ1) is 15.8. The van der Waals surface area contributed by atoms with E-state index in [1.807, 2.05) is 47.5 Å². The number of nitrogens with zero attached hydrogens (tertiary/aromatic N) is 2. The largest absolute Gasteiger partial charge is 0.335 e. The first-order valence-corrected chi connectivity index (χ1v) is 9.09. The molecule has 0 aliphatic carbocycles. The fourth-order valence-corrected chi connectivity index (χ4v) is 3.79. The van der Waals surface area contributed by atoms with Crippen molar-refractivity contribution in [3.05, 3.63) is 57.4 Å². The zero-order valence-corrected chi connectivity index (χ0v) is 14.6. The van der Waals surface area contributed by atoms with Crippen molar-refractivity contribution < 1.29 is 4.79 Å². The molecule has 7 heteroatoms. The smallest absolute Gasteiger partial charge is 0.319 e. The van der Waals surface area contributed by atoms with Crippen LogP contribution in [0.3, 0.4) is 0 Å². The van der Waals surface area contributed by atoms with E-state index < -0.39 is 0 Å². The molecule has 2 amide bonds. The normalized spacial score (nSPS) is 12.1. The van der Waals surface area contributed by atoms with Crippen LogP contribution in [0.4, 0.5) is 9.80 Å². The average Bonchev–Trinajstić information content (AvgIpc) is 3.23. The van der Waals surface area contributed by atoms with E-state index in [1.54, 1.807) is 11.3 Å². The van der Waals surface area contributed by atoms with Crippen LogP contribution < -0.4 is 10.6 Å². The van der Waals surface area contributed by atoms with Crippen molar-refractivity contribution >= 4 is 33.7 Å². The van der Waals surface area contributed by atoms with Gasteiger partial charge in [-0.1, -0.05) is 0 Å². The summed E-state index contributed by atoms with van der Waals surface area (Å²) in [6, 6.07) is 7.69. The number of hydrogen-bond donors (Lipinski definition) is 2. The van der Waals surface area contributed by atoms with Gasteiger partial charge in [-0.05, 0) is 59.8 Å². The number of anilines is 1. The standard InChI is InChI=1S/C16H18N4OS2/c1-11-8-12(2)20(19-11)14(13-5-7-22-10-13)9-17-16(21)18-15-4-3-6-23-15/h3-8,10,14H,9H2,1-2H3,(H2,17,18,21)/t14-/m0/s1. The molecule has 0 spiro atoms. The van der Waals surface area contributed by atoms with Crippen LogP contribution in [0.5, 0.6) is 0 Å². The summed E-state index contributed by atoms with van der Waals surface area (Å²) in [5, 5.41) is 17.3. The number of aromatic nitrogens is 2. The van der Waals surface area contributed by atoms with Gasteiger partial charge in [0.2, 0.25) is 0 Å². The predicted octanol–water partition coefficient (Wildman–Crippen LogP) is 4.03. The Morgan fingerprint density at radius 2 is 2.22 bits per heavy atom. The fourth-order valence-electron chi connectivity index (χ4n) is 2.47. The number of aryl methyl sites for hydroxylation is 2. The highest BCUT2D eigenvalue weighted by Crippen LogP contribution is 2.22. The molecule has 0 saturated carbocycles. The lowest BCUT2D eigenvalue weighted by Gasteiger charge is -2.19. The summed E-state index contributed by atoms with van der Waals surface area (Å²) >= 11 is 3.14. The van der Waals surface area contributed by atoms with Gasteiger partial charge in [0, 0.05) is 12.2 Å². The minimum absolute atomic E-state index is 0.0102. The molecular weight excluding hydrogens is 328 g/mol. The summed E-state index contributed by atoms with van der Waals surface area (Å²) in [4.78, 5) is 12.1. The maximum Gasteiger partial charge on any atom is 0.319 e. The van der Waals surface area contributed by atoms with Gasteiger partial charge in [-0.2, -0.15) is 16.4 Å². The number of nitrogens with one attached hydrogen (secondary N) is 2. The second-order valence-electron chi connectivity index (χ2n) is 5.26. The quantitative estimate of drug-likeness (QED) is 0.733. The van der Waals surface area contributed by atoms with Crippen molar-refractivity contribution in [1.82, 2.24) is 15.1 Å². The van der Waals surface area contributed by atoms with Crippen molar-refractivity contribution in [2.24, 2.45) is 0 Å². The molecule has 3 aromatic heterocycles. The molecule has 0 fully saturated rings. The summed E-state index contributed by atoms with van der Waals surface area (Å²) in [5.74, 6) is 0. The maximum absolute atomic E-state index is 12.1. The molecule has 23 heavy (non-hydrogen) atoms. The highest BCUT2D eigenvalue weighted by atomic mass is 32.1. The van der Waals surface area contributed by atoms with E-state index >= 15 is 0 Å². The van der Waals surface area contributed by atoms with Crippen LogP contribution in [0, 0.1) is 13.8 Å². The minimum atomic E-state index is -0.200. The highest BCUT2D eigenvalue weighted by Gasteiger charge is 2.18. The Morgan fingerprint density at radius 3 is 2.83 bits per heavy atom. The van der Waals surface area contributed by atoms with Crippen molar-refractivity contribution in [2.45, 2.75) is 19.9 Å². The van der Waals surface area contributed by atoms with Gasteiger partial charge < -0.3 is 5.32 Å². The van der Waals surface area contributed by atoms with Gasteiger partial charge in [0.15, 0.2) is 0 Å². The molecule has 3 aromatic rings. The third-order valence-corrected chi connectivity index (χ3v) is 4.97. The Hall–Kier alpha value is -2.12. The molecule has 0 saturated heterocycles. The Bertz CT molecular complexity index is 762. The van der Waals surface area contributed by atoms with Crippen LogP contribution in [-0.2, 0) is 0 Å². The summed E-state index contributed by atoms with van der Waals surface area (Å²) in [6.45, 7) is 4.49. The van der Waals surface area contributed by atoms with Gasteiger partial charge in [-0.15, -0.1) is 11.3 Å². The number of thiophene rings is 2. The minimum Gasteiger partial charge on any atom is -0.335 e. The third-order valence-electron chi connectivity index (χ3n) is 3.48. The van der Waals surface area contributed by atoms with E-state index in [0.29, 0.717) is 6.54 Å². The van der Waals surface area contributed by atoms with Crippen LogP contribution in [-0.4, -0.2) is 22.4 Å². The Kier molecular flexibility index (Phi) is 4.78. The number of rotatable bonds is 5. The van der Waals surface area contributed by atoms with Crippen LogP contribution >= 0.6 is 22.7 Å². The first-order valence-electron chi connectivity index (χ1n) is 7.26. The molecule has 1 atom stereocenters. The van der Waals surface area contributed by atoms with Gasteiger partial charge in [0.05, 0.1) is 16.7 Å². The van der Waals surface area contributed by atoms with E-state index in [-0.39, 0.29) is 12.1 Å². The molecule has 0 aromatic carbocycles. The number of carbonyl (C=O) groups excluding carboxylic acids is 1. The monoisotopic (exact) mass is 346 g/mol. The van der Waals surface area contributed by atoms with Gasteiger partial charge in [0.25, 0.3) is 0 Å². The first-order chi connectivity index (χ1) is 11.1. The zero-order valence-electron chi connectivity index (χ0n) is 12.9. The van der Waals surface area contributed by atoms with Gasteiger partial charge in [-0.3, -0.25) is 10.00 Å². The summed E-state index contributed by atoms with van der Waals surface area (Å²) in [6.07, 6.45) is 0. The van der Waals surface area contributed by atoms with Crippen molar-refractivity contribution in [1.29, 1.82) is 0 Å². The predicted molar refractivity (Wildman–Crippen MR) is 95.5 cm³/mol. The van der Waals surface area contributed by atoms with Crippen molar-refractivity contribution in [2.75, 3.05) is 11.9 Å². The highest BCUT2D eigenvalue weighted by molar-refractivity contribution is 7.14. The Balaban J connectivity index is 1.72. The van der Waals surface area contributed by atoms with Crippen LogP contribution in [0.15, 0.2) is 40.4 Å². The number of hydrogen-bond acceptors (Lipinski definition) is 4. The molecule has 0 bridgehead atoms. The zero-order chi connectivity index (χ0) is 16.2. The van der Waals surface area contributed by atoms with E-state index in [0.717, 1.165) is 22.0 Å². The van der Waals surface area contributed by atoms with Crippen LogP contribution in [0.2, 0.25) is 0 Å². The number of carbonyl (C=O) groups is 1. The summed E-state index contributed by atoms with van der Waals surface area (Å²) in [5.41, 5.74) is 3.21. The van der Waals surface area contributed by atoms with E-state index in [4.69, 9.17) is 0 Å². The summed E-state index contributed by atoms with van der Waals surface area (Å²) < 4.78 is 1.98. The molecule has 120 valence electrons. The second kappa shape index (κ2) is 6.97. The van der Waals surface area contributed by atoms with Crippen LogP contribution in [0.1, 0.15) is 23.0 Å². The van der Waals surface area contributed by atoms with E-state index in [9.17, 15) is 4.79 Å². The maximum atomic E-state index is 12.1. The lowest BCUT2D eigenvalue weighted by molar-refractivity contribution is 0.250. The molecular formula is C16H18N4OS2. The molecule has 0 radical (unpaired) electrons. The second-order valence-corrected chi connectivity index (χ2v) is 6.98. The number of amides is 2. The molecule has 2 N–H and O–H groups in total. The lowest BCUT2D eigenvalue weighted by Crippen LogP contribution is -2.34. The van der Waals surface area contributed by atoms with Crippen LogP contribution in [0.25, 0.3) is 0 Å². The topological polar surface area (TPSA) is 59.0 Å². The molecule has 0 aliphatic rings. The van der Waals surface area contributed by atoms with Gasteiger partial charge >= 0.3 is 6.03 Å². The Morgan fingerprint density at radius 1 is 1.35 bits per heavy atom. The summed E-state index contributed by atoms with van der Waals surface area (Å²) in [7, 11) is 0. The Labute approximate surface area is 143 Å². The molecule has 0 aliphatic heterocycles. The fraction of sp³-hybridized carbons (Fsp3) is 0.250.